The van der Waals surface area contributed by atoms with Crippen LogP contribution in [0.5, 0.6) is 5.88 Å². The maximum Gasteiger partial charge on any atom is 0.217 e. The quantitative estimate of drug-likeness (QED) is 0.839. The van der Waals surface area contributed by atoms with Crippen molar-refractivity contribution in [3.8, 4) is 5.88 Å². The molecule has 1 aliphatic rings. The van der Waals surface area contributed by atoms with Gasteiger partial charge in [-0.2, -0.15) is 0 Å². The van der Waals surface area contributed by atoms with Gasteiger partial charge in [0.1, 0.15) is 0 Å². The van der Waals surface area contributed by atoms with E-state index < -0.39 is 0 Å². The summed E-state index contributed by atoms with van der Waals surface area (Å²) in [5.74, 6) is 0.738. The zero-order valence-electron chi connectivity index (χ0n) is 11.5. The van der Waals surface area contributed by atoms with Gasteiger partial charge in [-0.15, -0.1) is 0 Å². The lowest BCUT2D eigenvalue weighted by Crippen LogP contribution is -2.31. The molecular formula is C15H24N2O. The van der Waals surface area contributed by atoms with Crippen molar-refractivity contribution >= 4 is 0 Å². The molecule has 1 heterocycles. The van der Waals surface area contributed by atoms with E-state index in [1.54, 1.807) is 13.3 Å². The van der Waals surface area contributed by atoms with Gasteiger partial charge in [0, 0.05) is 24.8 Å². The Kier molecular flexibility index (Phi) is 4.59. The fraction of sp³-hybridized carbons (Fsp3) is 0.667. The normalized spacial score (nSPS) is 17.9. The van der Waals surface area contributed by atoms with Crippen LogP contribution in [0, 0.1) is 5.41 Å². The average Bonchev–Trinajstić information content (AvgIpc) is 2.89. The van der Waals surface area contributed by atoms with Gasteiger partial charge in [-0.05, 0) is 30.7 Å². The molecule has 100 valence electrons. The van der Waals surface area contributed by atoms with Crippen molar-refractivity contribution in [2.75, 3.05) is 13.7 Å². The first-order valence-corrected chi connectivity index (χ1v) is 6.98. The van der Waals surface area contributed by atoms with Crippen LogP contribution in [0.3, 0.4) is 0 Å². The van der Waals surface area contributed by atoms with Crippen LogP contribution < -0.4 is 10.1 Å². The largest absolute Gasteiger partial charge is 0.481 e. The molecule has 0 unspecified atom stereocenters. The highest BCUT2D eigenvalue weighted by atomic mass is 16.5. The molecule has 3 heteroatoms. The van der Waals surface area contributed by atoms with E-state index in [0.29, 0.717) is 5.41 Å². The highest BCUT2D eigenvalue weighted by Gasteiger charge is 2.31. The molecule has 1 fully saturated rings. The second kappa shape index (κ2) is 6.19. The summed E-state index contributed by atoms with van der Waals surface area (Å²) in [5, 5.41) is 3.59. The third kappa shape index (κ3) is 3.02. The summed E-state index contributed by atoms with van der Waals surface area (Å²) in [5.41, 5.74) is 1.68. The summed E-state index contributed by atoms with van der Waals surface area (Å²) in [6, 6.07) is 4.04. The van der Waals surface area contributed by atoms with E-state index in [4.69, 9.17) is 4.74 Å². The topological polar surface area (TPSA) is 34.2 Å². The van der Waals surface area contributed by atoms with Gasteiger partial charge in [0.15, 0.2) is 0 Å². The summed E-state index contributed by atoms with van der Waals surface area (Å²) in [4.78, 5) is 4.22. The minimum Gasteiger partial charge on any atom is -0.481 e. The lowest BCUT2D eigenvalue weighted by molar-refractivity contribution is 0.267. The Morgan fingerprint density at radius 3 is 2.83 bits per heavy atom. The van der Waals surface area contributed by atoms with Gasteiger partial charge in [0.25, 0.3) is 0 Å². The molecule has 0 bridgehead atoms. The Hall–Kier alpha value is -1.09. The van der Waals surface area contributed by atoms with Crippen molar-refractivity contribution in [3.63, 3.8) is 0 Å². The molecule has 2 rings (SSSR count). The smallest absolute Gasteiger partial charge is 0.217 e. The predicted octanol–water partition coefficient (Wildman–Crippen LogP) is 3.15. The first-order chi connectivity index (χ1) is 8.79. The van der Waals surface area contributed by atoms with Gasteiger partial charge in [-0.1, -0.05) is 25.8 Å². The number of methoxy groups -OCH3 is 1. The Bertz CT molecular complexity index is 373. The zero-order chi connectivity index (χ0) is 12.8. The van der Waals surface area contributed by atoms with Crippen molar-refractivity contribution in [1.82, 2.24) is 10.3 Å². The molecule has 1 saturated carbocycles. The van der Waals surface area contributed by atoms with Crippen LogP contribution in [-0.4, -0.2) is 18.6 Å². The molecule has 1 aromatic heterocycles. The van der Waals surface area contributed by atoms with Crippen LogP contribution in [0.25, 0.3) is 0 Å². The number of rotatable bonds is 6. The van der Waals surface area contributed by atoms with E-state index in [1.165, 1.54) is 32.1 Å². The number of ether oxygens (including phenoxy) is 1. The monoisotopic (exact) mass is 248 g/mol. The van der Waals surface area contributed by atoms with Crippen LogP contribution in [0.2, 0.25) is 0 Å². The minimum atomic E-state index is 0.537. The molecule has 0 aliphatic heterocycles. The third-order valence-electron chi connectivity index (χ3n) is 4.27. The van der Waals surface area contributed by atoms with Gasteiger partial charge in [0.05, 0.1) is 7.11 Å². The molecule has 1 aromatic rings. The van der Waals surface area contributed by atoms with E-state index >= 15 is 0 Å². The van der Waals surface area contributed by atoms with Crippen LogP contribution >= 0.6 is 0 Å². The van der Waals surface area contributed by atoms with Crippen LogP contribution in [-0.2, 0) is 6.54 Å². The van der Waals surface area contributed by atoms with Crippen molar-refractivity contribution < 1.29 is 4.74 Å². The van der Waals surface area contributed by atoms with Crippen molar-refractivity contribution in [2.24, 2.45) is 5.41 Å². The number of aromatic nitrogens is 1. The molecule has 0 saturated heterocycles. The molecule has 0 atom stereocenters. The van der Waals surface area contributed by atoms with Crippen molar-refractivity contribution in [1.29, 1.82) is 0 Å². The number of nitrogens with one attached hydrogen (secondary N) is 1. The highest BCUT2D eigenvalue weighted by Crippen LogP contribution is 2.40. The number of nitrogens with zero attached hydrogens (tertiary/aromatic N) is 1. The Morgan fingerprint density at radius 2 is 2.17 bits per heavy atom. The maximum atomic E-state index is 5.27. The average molecular weight is 248 g/mol. The predicted molar refractivity (Wildman–Crippen MR) is 73.7 cm³/mol. The molecule has 0 radical (unpaired) electrons. The van der Waals surface area contributed by atoms with E-state index in [0.717, 1.165) is 24.5 Å². The van der Waals surface area contributed by atoms with Crippen LogP contribution in [0.1, 0.15) is 44.6 Å². The van der Waals surface area contributed by atoms with Gasteiger partial charge in [-0.3, -0.25) is 0 Å². The molecular weight excluding hydrogens is 224 g/mol. The fourth-order valence-electron chi connectivity index (χ4n) is 2.99. The second-order valence-electron chi connectivity index (χ2n) is 5.34. The number of pyridine rings is 1. The summed E-state index contributed by atoms with van der Waals surface area (Å²) >= 11 is 0. The standard InChI is InChI=1S/C15H24N2O/c1-3-15(8-4-5-9-15)12-16-11-13-7-6-10-17-14(13)18-2/h6-7,10,16H,3-5,8-9,11-12H2,1-2H3. The van der Waals surface area contributed by atoms with Crippen molar-refractivity contribution in [3.05, 3.63) is 23.9 Å². The fourth-order valence-corrected chi connectivity index (χ4v) is 2.99. The first-order valence-electron chi connectivity index (χ1n) is 6.98. The Balaban J connectivity index is 1.88. The van der Waals surface area contributed by atoms with Crippen molar-refractivity contribution in [2.45, 2.75) is 45.6 Å². The molecule has 1 aliphatic carbocycles. The van der Waals surface area contributed by atoms with Gasteiger partial charge < -0.3 is 10.1 Å². The summed E-state index contributed by atoms with van der Waals surface area (Å²) < 4.78 is 5.27. The SMILES string of the molecule is CCC1(CNCc2cccnc2OC)CCCC1. The zero-order valence-corrected chi connectivity index (χ0v) is 11.5. The second-order valence-corrected chi connectivity index (χ2v) is 5.34. The first kappa shape index (κ1) is 13.3. The highest BCUT2D eigenvalue weighted by molar-refractivity contribution is 5.25. The van der Waals surface area contributed by atoms with Gasteiger partial charge in [-0.25, -0.2) is 4.98 Å². The molecule has 0 aromatic carbocycles. The molecule has 1 N–H and O–H groups in total. The molecule has 0 spiro atoms. The lowest BCUT2D eigenvalue weighted by Gasteiger charge is -2.27. The van der Waals surface area contributed by atoms with E-state index in [1.807, 2.05) is 6.07 Å². The Labute approximate surface area is 110 Å². The number of hydrogen-bond donors (Lipinski definition) is 1. The Morgan fingerprint density at radius 1 is 1.39 bits per heavy atom. The number of hydrogen-bond acceptors (Lipinski definition) is 3. The summed E-state index contributed by atoms with van der Waals surface area (Å²) in [6.45, 7) is 4.28. The van der Waals surface area contributed by atoms with Gasteiger partial charge in [0.2, 0.25) is 5.88 Å². The maximum absolute atomic E-state index is 5.27. The summed E-state index contributed by atoms with van der Waals surface area (Å²) in [7, 11) is 1.68. The van der Waals surface area contributed by atoms with E-state index in [-0.39, 0.29) is 0 Å². The van der Waals surface area contributed by atoms with Crippen LogP contribution in [0.15, 0.2) is 18.3 Å². The molecule has 3 nitrogen and oxygen atoms in total. The van der Waals surface area contributed by atoms with E-state index in [9.17, 15) is 0 Å². The van der Waals surface area contributed by atoms with Gasteiger partial charge >= 0.3 is 0 Å². The minimum absolute atomic E-state index is 0.537. The summed E-state index contributed by atoms with van der Waals surface area (Å²) in [6.07, 6.45) is 8.59. The molecule has 18 heavy (non-hydrogen) atoms. The van der Waals surface area contributed by atoms with E-state index in [2.05, 4.69) is 23.3 Å². The third-order valence-corrected chi connectivity index (χ3v) is 4.27. The lowest BCUT2D eigenvalue weighted by atomic mass is 9.83. The van der Waals surface area contributed by atoms with Crippen LogP contribution in [0.4, 0.5) is 0 Å². The molecule has 0 amide bonds.